The first kappa shape index (κ1) is 24.4. The molecule has 1 aromatic carbocycles. The minimum atomic E-state index is -0.964. The maximum absolute atomic E-state index is 13.0. The predicted octanol–water partition coefficient (Wildman–Crippen LogP) is 2.59. The van der Waals surface area contributed by atoms with Gasteiger partial charge in [0.1, 0.15) is 5.54 Å². The minimum absolute atomic E-state index is 0.0381. The summed E-state index contributed by atoms with van der Waals surface area (Å²) < 4.78 is 1.58. The van der Waals surface area contributed by atoms with E-state index in [9.17, 15) is 19.6 Å². The summed E-state index contributed by atoms with van der Waals surface area (Å²) >= 11 is 1.17. The number of primary amides is 1. The Balaban J connectivity index is 2.18. The van der Waals surface area contributed by atoms with Crippen LogP contribution in [0.1, 0.15) is 46.5 Å². The number of thioether (sulfide) groups is 1. The van der Waals surface area contributed by atoms with Crippen LogP contribution in [0.3, 0.4) is 0 Å². The molecule has 0 aliphatic carbocycles. The molecule has 31 heavy (non-hydrogen) atoms. The molecule has 0 radical (unpaired) electrons. The number of nitriles is 1. The summed E-state index contributed by atoms with van der Waals surface area (Å²) in [5.74, 6) is -0.643. The minimum Gasteiger partial charge on any atom is -0.370 e. The summed E-state index contributed by atoms with van der Waals surface area (Å²) in [6, 6.07) is 9.25. The van der Waals surface area contributed by atoms with E-state index in [1.807, 2.05) is 19.9 Å². The molecule has 166 valence electrons. The third-order valence-corrected chi connectivity index (χ3v) is 6.23. The van der Waals surface area contributed by atoms with Gasteiger partial charge in [0.05, 0.1) is 22.7 Å². The third-order valence-electron chi connectivity index (χ3n) is 5.25. The summed E-state index contributed by atoms with van der Waals surface area (Å²) in [6.45, 7) is 5.87. The predicted molar refractivity (Wildman–Crippen MR) is 121 cm³/mol. The summed E-state index contributed by atoms with van der Waals surface area (Å²) in [4.78, 5) is 41.0. The lowest BCUT2D eigenvalue weighted by Gasteiger charge is -2.27. The molecule has 0 aliphatic rings. The first-order valence-corrected chi connectivity index (χ1v) is 11.3. The molecule has 0 saturated carbocycles. The highest BCUT2D eigenvalue weighted by molar-refractivity contribution is 7.99. The number of amides is 2. The van der Waals surface area contributed by atoms with Gasteiger partial charge >= 0.3 is 0 Å². The number of fused-ring (bicyclic) bond motifs is 1. The van der Waals surface area contributed by atoms with Crippen molar-refractivity contribution in [3.63, 3.8) is 0 Å². The molecule has 0 aliphatic heterocycles. The second kappa shape index (κ2) is 11.0. The summed E-state index contributed by atoms with van der Waals surface area (Å²) in [7, 11) is 0. The van der Waals surface area contributed by atoms with Gasteiger partial charge in [-0.25, -0.2) is 4.98 Å². The highest BCUT2D eigenvalue weighted by atomic mass is 32.2. The normalized spacial score (nSPS) is 13.0. The fraction of sp³-hybridized carbons (Fsp3) is 0.500. The number of nitrogens with one attached hydrogen (secondary N) is 1. The molecule has 2 rings (SSSR count). The molecule has 0 bridgehead atoms. The fourth-order valence-electron chi connectivity index (χ4n) is 2.96. The van der Waals surface area contributed by atoms with Gasteiger partial charge in [-0.2, -0.15) is 5.26 Å². The maximum atomic E-state index is 13.0. The average molecular weight is 444 g/mol. The SMILES string of the molecule is CC(C)C(C)(C#N)NC(=O)CSc1nc2ccccc2c(=O)n1CCCCCC(N)=O. The van der Waals surface area contributed by atoms with Gasteiger partial charge in [-0.1, -0.05) is 44.2 Å². The monoisotopic (exact) mass is 443 g/mol. The van der Waals surface area contributed by atoms with Crippen LogP contribution in [0.5, 0.6) is 0 Å². The second-order valence-electron chi connectivity index (χ2n) is 7.95. The molecule has 9 heteroatoms. The number of carbonyl (C=O) groups is 2. The highest BCUT2D eigenvalue weighted by Crippen LogP contribution is 2.20. The zero-order valence-electron chi connectivity index (χ0n) is 18.2. The van der Waals surface area contributed by atoms with Crippen LogP contribution in [0.2, 0.25) is 0 Å². The van der Waals surface area contributed by atoms with E-state index in [1.54, 1.807) is 29.7 Å². The van der Waals surface area contributed by atoms with Crippen molar-refractivity contribution in [2.45, 2.75) is 63.7 Å². The first-order valence-electron chi connectivity index (χ1n) is 10.3. The van der Waals surface area contributed by atoms with Crippen LogP contribution in [0.25, 0.3) is 10.9 Å². The molecular formula is C22H29N5O3S. The first-order chi connectivity index (χ1) is 14.7. The Labute approximate surface area is 186 Å². The average Bonchev–Trinajstić information content (AvgIpc) is 2.73. The smallest absolute Gasteiger partial charge is 0.262 e. The number of nitrogens with zero attached hydrogens (tertiary/aromatic N) is 3. The molecule has 1 heterocycles. The van der Waals surface area contributed by atoms with Crippen molar-refractivity contribution < 1.29 is 9.59 Å². The Morgan fingerprint density at radius 2 is 2.00 bits per heavy atom. The Kier molecular flexibility index (Phi) is 8.63. The lowest BCUT2D eigenvalue weighted by molar-refractivity contribution is -0.120. The van der Waals surface area contributed by atoms with Crippen LogP contribution in [0, 0.1) is 17.2 Å². The van der Waals surface area contributed by atoms with Gasteiger partial charge in [0.25, 0.3) is 5.56 Å². The van der Waals surface area contributed by atoms with E-state index >= 15 is 0 Å². The van der Waals surface area contributed by atoms with Crippen LogP contribution >= 0.6 is 11.8 Å². The lowest BCUT2D eigenvalue weighted by Crippen LogP contribution is -2.49. The molecular weight excluding hydrogens is 414 g/mol. The maximum Gasteiger partial charge on any atom is 0.262 e. The van der Waals surface area contributed by atoms with Crippen LogP contribution in [-0.4, -0.2) is 32.7 Å². The van der Waals surface area contributed by atoms with Crippen molar-refractivity contribution in [1.82, 2.24) is 14.9 Å². The van der Waals surface area contributed by atoms with Crippen molar-refractivity contribution >= 4 is 34.5 Å². The van der Waals surface area contributed by atoms with Crippen LogP contribution in [0.15, 0.2) is 34.2 Å². The van der Waals surface area contributed by atoms with Gasteiger partial charge in [0, 0.05) is 13.0 Å². The third kappa shape index (κ3) is 6.56. The van der Waals surface area contributed by atoms with Gasteiger partial charge in [0.15, 0.2) is 5.16 Å². The molecule has 0 saturated heterocycles. The molecule has 2 aromatic rings. The molecule has 1 atom stereocenters. The molecule has 3 N–H and O–H groups in total. The number of nitrogens with two attached hydrogens (primary N) is 1. The van der Waals surface area contributed by atoms with E-state index in [2.05, 4.69) is 16.4 Å². The van der Waals surface area contributed by atoms with Crippen molar-refractivity contribution in [3.05, 3.63) is 34.6 Å². The quantitative estimate of drug-likeness (QED) is 0.312. The van der Waals surface area contributed by atoms with Crippen molar-refractivity contribution in [3.8, 4) is 6.07 Å². The van der Waals surface area contributed by atoms with E-state index in [0.717, 1.165) is 6.42 Å². The summed E-state index contributed by atoms with van der Waals surface area (Å²) in [6.07, 6.45) is 2.42. The molecule has 1 unspecified atom stereocenters. The van der Waals surface area contributed by atoms with Gasteiger partial charge in [0.2, 0.25) is 11.8 Å². The van der Waals surface area contributed by atoms with Gasteiger partial charge in [-0.15, -0.1) is 0 Å². The largest absolute Gasteiger partial charge is 0.370 e. The topological polar surface area (TPSA) is 131 Å². The van der Waals surface area contributed by atoms with Crippen molar-refractivity contribution in [2.24, 2.45) is 11.7 Å². The zero-order chi connectivity index (χ0) is 23.0. The van der Waals surface area contributed by atoms with E-state index in [-0.39, 0.29) is 29.0 Å². The lowest BCUT2D eigenvalue weighted by atomic mass is 9.90. The number of benzene rings is 1. The van der Waals surface area contributed by atoms with Crippen LogP contribution < -0.4 is 16.6 Å². The van der Waals surface area contributed by atoms with Crippen LogP contribution in [-0.2, 0) is 16.1 Å². The number of unbranched alkanes of at least 4 members (excludes halogenated alkanes) is 2. The van der Waals surface area contributed by atoms with E-state index in [1.165, 1.54) is 11.8 Å². The number of hydrogen-bond acceptors (Lipinski definition) is 6. The Morgan fingerprint density at radius 1 is 1.29 bits per heavy atom. The molecule has 2 amide bonds. The fourth-order valence-corrected chi connectivity index (χ4v) is 3.78. The molecule has 0 fully saturated rings. The molecule has 8 nitrogen and oxygen atoms in total. The van der Waals surface area contributed by atoms with E-state index in [4.69, 9.17) is 5.73 Å². The highest BCUT2D eigenvalue weighted by Gasteiger charge is 2.30. The van der Waals surface area contributed by atoms with Gasteiger partial charge < -0.3 is 11.1 Å². The molecule has 1 aromatic heterocycles. The van der Waals surface area contributed by atoms with E-state index < -0.39 is 5.54 Å². The van der Waals surface area contributed by atoms with Gasteiger partial charge in [-0.05, 0) is 37.8 Å². The van der Waals surface area contributed by atoms with E-state index in [0.29, 0.717) is 41.9 Å². The summed E-state index contributed by atoms with van der Waals surface area (Å²) in [5.41, 5.74) is 4.62. The van der Waals surface area contributed by atoms with Crippen LogP contribution in [0.4, 0.5) is 0 Å². The second-order valence-corrected chi connectivity index (χ2v) is 8.89. The zero-order valence-corrected chi connectivity index (χ0v) is 19.0. The number of carbonyl (C=O) groups excluding carboxylic acids is 2. The standard InChI is InChI=1S/C22H29N5O3S/c1-15(2)22(3,14-23)26-19(29)13-31-21-25-17-10-7-6-9-16(17)20(30)27(21)12-8-4-5-11-18(24)28/h6-7,9-10,15H,4-5,8,11-13H2,1-3H3,(H2,24,28)(H,26,29). The Hall–Kier alpha value is -2.86. The number of para-hydroxylation sites is 1. The number of hydrogen-bond donors (Lipinski definition) is 2. The molecule has 0 spiro atoms. The van der Waals surface area contributed by atoms with Gasteiger partial charge in [-0.3, -0.25) is 19.0 Å². The number of aromatic nitrogens is 2. The van der Waals surface area contributed by atoms with Crippen molar-refractivity contribution in [1.29, 1.82) is 5.26 Å². The summed E-state index contributed by atoms with van der Waals surface area (Å²) in [5, 5.41) is 13.2. The number of rotatable bonds is 11. The Morgan fingerprint density at radius 3 is 2.65 bits per heavy atom. The Bertz CT molecular complexity index is 1040. The van der Waals surface area contributed by atoms with Crippen molar-refractivity contribution in [2.75, 3.05) is 5.75 Å².